The molecule has 3 rings (SSSR count). The van der Waals surface area contributed by atoms with Gasteiger partial charge in [0.15, 0.2) is 0 Å². The Kier molecular flexibility index (Phi) is 3.09. The molecule has 96 valence electrons. The van der Waals surface area contributed by atoms with Crippen LogP contribution in [0.4, 0.5) is 0 Å². The molecule has 1 aliphatic heterocycles. The molecule has 0 radical (unpaired) electrons. The fraction of sp³-hybridized carbons (Fsp3) is 0.222. The Morgan fingerprint density at radius 1 is 0.684 bits per heavy atom. The summed E-state index contributed by atoms with van der Waals surface area (Å²) in [6.45, 7) is 4.54. The molecule has 0 amide bonds. The van der Waals surface area contributed by atoms with Crippen molar-refractivity contribution in [3.63, 3.8) is 0 Å². The van der Waals surface area contributed by atoms with Crippen molar-refractivity contribution < 1.29 is 0 Å². The summed E-state index contributed by atoms with van der Waals surface area (Å²) in [7, 11) is 0. The Hall–Kier alpha value is -1.02. The van der Waals surface area contributed by atoms with E-state index in [9.17, 15) is 0 Å². The van der Waals surface area contributed by atoms with Crippen LogP contribution >= 0.6 is 0 Å². The second-order valence-electron chi connectivity index (χ2n) is 6.04. The van der Waals surface area contributed by atoms with Crippen LogP contribution in [0.1, 0.15) is 22.3 Å². The van der Waals surface area contributed by atoms with Crippen LogP contribution in [0.15, 0.2) is 36.4 Å². The quantitative estimate of drug-likeness (QED) is 0.634. The van der Waals surface area contributed by atoms with Crippen LogP contribution in [0.3, 0.4) is 0 Å². The SMILES string of the molecule is Cc1cccc2[c]1[Sn]([CH3])([CH3])[c]1c(C)cccc1C=C2. The van der Waals surface area contributed by atoms with Gasteiger partial charge in [0.25, 0.3) is 0 Å². The van der Waals surface area contributed by atoms with E-state index in [4.69, 9.17) is 0 Å². The molecule has 1 heterocycles. The van der Waals surface area contributed by atoms with Crippen LogP contribution < -0.4 is 7.16 Å². The van der Waals surface area contributed by atoms with E-state index in [-0.39, 0.29) is 0 Å². The van der Waals surface area contributed by atoms with E-state index in [1.54, 1.807) is 7.16 Å². The molecule has 0 saturated heterocycles. The Balaban J connectivity index is 2.41. The molecule has 2 aromatic rings. The summed E-state index contributed by atoms with van der Waals surface area (Å²) in [5, 5.41) is 0. The van der Waals surface area contributed by atoms with Crippen LogP contribution in [0.5, 0.6) is 0 Å². The fourth-order valence-corrected chi connectivity index (χ4v) is 15.6. The average molecular weight is 355 g/mol. The Bertz CT molecular complexity index is 621. The molecule has 1 heteroatoms. The number of hydrogen-bond acceptors (Lipinski definition) is 0. The summed E-state index contributed by atoms with van der Waals surface area (Å²) < 4.78 is 3.34. The molecule has 0 bridgehead atoms. The van der Waals surface area contributed by atoms with Crippen molar-refractivity contribution >= 4 is 37.7 Å². The summed E-state index contributed by atoms with van der Waals surface area (Å²) in [5.41, 5.74) is 5.82. The maximum atomic E-state index is 2.55. The van der Waals surface area contributed by atoms with Crippen molar-refractivity contribution in [1.29, 1.82) is 0 Å². The van der Waals surface area contributed by atoms with Crippen LogP contribution in [0, 0.1) is 13.8 Å². The minimum absolute atomic E-state index is 1.44. The zero-order chi connectivity index (χ0) is 13.6. The second-order valence-corrected chi connectivity index (χ2v) is 18.2. The van der Waals surface area contributed by atoms with Crippen molar-refractivity contribution in [2.75, 3.05) is 0 Å². The van der Waals surface area contributed by atoms with Crippen molar-refractivity contribution in [2.24, 2.45) is 0 Å². The minimum atomic E-state index is -2.49. The Labute approximate surface area is 120 Å². The topological polar surface area (TPSA) is 0 Å². The van der Waals surface area contributed by atoms with Gasteiger partial charge in [-0.3, -0.25) is 0 Å². The molecule has 0 unspecified atom stereocenters. The average Bonchev–Trinajstić information content (AvgIpc) is 2.46. The molecular weight excluding hydrogens is 335 g/mol. The van der Waals surface area contributed by atoms with E-state index >= 15 is 0 Å². The van der Waals surface area contributed by atoms with Gasteiger partial charge in [0.05, 0.1) is 0 Å². The third-order valence-corrected chi connectivity index (χ3v) is 15.3. The first-order valence-corrected chi connectivity index (χ1v) is 15.5. The van der Waals surface area contributed by atoms with E-state index in [2.05, 4.69) is 72.3 Å². The molecule has 0 atom stereocenters. The van der Waals surface area contributed by atoms with Gasteiger partial charge in [-0.1, -0.05) is 0 Å². The number of fused-ring (bicyclic) bond motifs is 2. The van der Waals surface area contributed by atoms with Gasteiger partial charge in [0.1, 0.15) is 0 Å². The van der Waals surface area contributed by atoms with E-state index in [0.29, 0.717) is 0 Å². The Morgan fingerprint density at radius 3 is 1.53 bits per heavy atom. The first-order valence-electron chi connectivity index (χ1n) is 6.90. The molecule has 0 saturated carbocycles. The molecule has 0 fully saturated rings. The molecule has 2 aromatic carbocycles. The summed E-state index contributed by atoms with van der Waals surface area (Å²) in [4.78, 5) is 5.11. The van der Waals surface area contributed by atoms with Crippen LogP contribution in [-0.2, 0) is 0 Å². The molecule has 19 heavy (non-hydrogen) atoms. The molecule has 0 spiro atoms. The molecule has 0 aromatic heterocycles. The van der Waals surface area contributed by atoms with Gasteiger partial charge in [-0.25, -0.2) is 0 Å². The van der Waals surface area contributed by atoms with Gasteiger partial charge < -0.3 is 0 Å². The normalized spacial score (nSPS) is 15.6. The summed E-state index contributed by atoms with van der Waals surface area (Å²) >= 11 is -2.49. The number of benzene rings is 2. The van der Waals surface area contributed by atoms with Gasteiger partial charge in [-0.05, 0) is 0 Å². The fourth-order valence-electron chi connectivity index (χ4n) is 3.67. The third-order valence-electron chi connectivity index (χ3n) is 4.30. The predicted molar refractivity (Wildman–Crippen MR) is 88.0 cm³/mol. The summed E-state index contributed by atoms with van der Waals surface area (Å²) in [5.74, 6) is 0. The standard InChI is InChI=1S/C16H14.2CH3.Sn/c1-13-5-3-7-15(11-13)9-10-16-8-4-6-14(2)12-16;;;/h3-10H,1-2H3;2*1H3;. The van der Waals surface area contributed by atoms with Gasteiger partial charge in [0, 0.05) is 0 Å². The second kappa shape index (κ2) is 4.52. The molecule has 1 aliphatic rings. The first-order chi connectivity index (χ1) is 9.01. The van der Waals surface area contributed by atoms with Gasteiger partial charge in [-0.2, -0.15) is 0 Å². The molecular formula is C18H20Sn. The van der Waals surface area contributed by atoms with Crippen molar-refractivity contribution in [3.05, 3.63) is 58.7 Å². The van der Waals surface area contributed by atoms with Crippen LogP contribution in [0.25, 0.3) is 12.2 Å². The Morgan fingerprint density at radius 2 is 1.11 bits per heavy atom. The van der Waals surface area contributed by atoms with E-state index in [1.807, 2.05) is 0 Å². The third kappa shape index (κ3) is 1.97. The number of aryl methyl sites for hydroxylation is 2. The van der Waals surface area contributed by atoms with Crippen molar-refractivity contribution in [3.8, 4) is 0 Å². The molecule has 0 aliphatic carbocycles. The molecule has 0 N–H and O–H groups in total. The zero-order valence-electron chi connectivity index (χ0n) is 12.1. The van der Waals surface area contributed by atoms with E-state index in [1.165, 1.54) is 22.3 Å². The van der Waals surface area contributed by atoms with E-state index < -0.39 is 18.4 Å². The molecule has 0 nitrogen and oxygen atoms in total. The maximum absolute atomic E-state index is 2.55. The first kappa shape index (κ1) is 13.0. The summed E-state index contributed by atoms with van der Waals surface area (Å²) in [6, 6.07) is 13.5. The van der Waals surface area contributed by atoms with Gasteiger partial charge in [-0.15, -0.1) is 0 Å². The zero-order valence-corrected chi connectivity index (χ0v) is 15.0. The van der Waals surface area contributed by atoms with Crippen molar-refractivity contribution in [2.45, 2.75) is 23.7 Å². The van der Waals surface area contributed by atoms with Gasteiger partial charge >= 0.3 is 120 Å². The van der Waals surface area contributed by atoms with Crippen molar-refractivity contribution in [1.82, 2.24) is 0 Å². The predicted octanol–water partition coefficient (Wildman–Crippen LogP) is 3.61. The summed E-state index contributed by atoms with van der Waals surface area (Å²) in [6.07, 6.45) is 4.62. The van der Waals surface area contributed by atoms with Gasteiger partial charge in [0.2, 0.25) is 0 Å². The monoisotopic (exact) mass is 356 g/mol. The number of hydrogen-bond donors (Lipinski definition) is 0. The van der Waals surface area contributed by atoms with Crippen LogP contribution in [0.2, 0.25) is 9.88 Å². The van der Waals surface area contributed by atoms with Crippen LogP contribution in [-0.4, -0.2) is 18.4 Å². The number of rotatable bonds is 0. The van der Waals surface area contributed by atoms with E-state index in [0.717, 1.165) is 0 Å².